The SMILES string of the molecule is CC1(C)c2ccccc2-c2c(N(c3cccc(-c4ccccc4)c3)c3ccc4cc5c(cc4c3)sc3ccccc35)cccc21. The van der Waals surface area contributed by atoms with Gasteiger partial charge < -0.3 is 4.90 Å². The van der Waals surface area contributed by atoms with E-state index in [1.54, 1.807) is 0 Å². The summed E-state index contributed by atoms with van der Waals surface area (Å²) in [5.41, 5.74) is 11.3. The van der Waals surface area contributed by atoms with Crippen LogP contribution in [0.25, 0.3) is 53.2 Å². The third-order valence-electron chi connectivity index (χ3n) is 9.62. The summed E-state index contributed by atoms with van der Waals surface area (Å²) in [6.07, 6.45) is 0. The van der Waals surface area contributed by atoms with Gasteiger partial charge in [0.05, 0.1) is 5.69 Å². The molecule has 1 aliphatic carbocycles. The van der Waals surface area contributed by atoms with Crippen molar-refractivity contribution in [3.8, 4) is 22.3 Å². The van der Waals surface area contributed by atoms with Crippen molar-refractivity contribution in [2.45, 2.75) is 19.3 Å². The van der Waals surface area contributed by atoms with Crippen molar-refractivity contribution in [1.29, 1.82) is 0 Å². The Kier molecular flexibility index (Phi) is 5.78. The highest BCUT2D eigenvalue weighted by molar-refractivity contribution is 7.25. The molecule has 1 heterocycles. The van der Waals surface area contributed by atoms with Crippen LogP contribution in [0.5, 0.6) is 0 Å². The van der Waals surface area contributed by atoms with Gasteiger partial charge in [0.25, 0.3) is 0 Å². The molecule has 7 aromatic carbocycles. The Morgan fingerprint density at radius 1 is 0.489 bits per heavy atom. The van der Waals surface area contributed by atoms with Crippen molar-refractivity contribution < 1.29 is 0 Å². The van der Waals surface area contributed by atoms with Crippen LogP contribution < -0.4 is 4.90 Å². The topological polar surface area (TPSA) is 3.24 Å². The molecule has 1 aromatic heterocycles. The van der Waals surface area contributed by atoms with E-state index < -0.39 is 0 Å². The van der Waals surface area contributed by atoms with Gasteiger partial charge in [-0.1, -0.05) is 117 Å². The van der Waals surface area contributed by atoms with Gasteiger partial charge >= 0.3 is 0 Å². The zero-order chi connectivity index (χ0) is 30.1. The molecule has 1 aliphatic rings. The Labute approximate surface area is 267 Å². The fourth-order valence-corrected chi connectivity index (χ4v) is 8.54. The van der Waals surface area contributed by atoms with Crippen LogP contribution in [0.15, 0.2) is 152 Å². The normalized spacial score (nSPS) is 13.3. The number of hydrogen-bond acceptors (Lipinski definition) is 2. The Morgan fingerprint density at radius 3 is 2.13 bits per heavy atom. The molecule has 1 nitrogen and oxygen atoms in total. The predicted octanol–water partition coefficient (Wildman–Crippen LogP) is 12.7. The lowest BCUT2D eigenvalue weighted by atomic mass is 9.82. The van der Waals surface area contributed by atoms with E-state index in [1.165, 1.54) is 70.0 Å². The molecule has 0 fully saturated rings. The third kappa shape index (κ3) is 4.06. The maximum Gasteiger partial charge on any atom is 0.0543 e. The summed E-state index contributed by atoms with van der Waals surface area (Å²) >= 11 is 1.88. The Hall–Kier alpha value is -5.18. The van der Waals surface area contributed by atoms with Crippen molar-refractivity contribution in [2.24, 2.45) is 0 Å². The first-order valence-electron chi connectivity index (χ1n) is 15.6. The van der Waals surface area contributed by atoms with E-state index in [9.17, 15) is 0 Å². The summed E-state index contributed by atoms with van der Waals surface area (Å²) in [4.78, 5) is 2.47. The van der Waals surface area contributed by atoms with Gasteiger partial charge in [0.2, 0.25) is 0 Å². The molecule has 0 atom stereocenters. The minimum absolute atomic E-state index is 0.0737. The van der Waals surface area contributed by atoms with Gasteiger partial charge in [-0.05, 0) is 87.1 Å². The fourth-order valence-electron chi connectivity index (χ4n) is 7.40. The van der Waals surface area contributed by atoms with Crippen LogP contribution in [0, 0.1) is 0 Å². The van der Waals surface area contributed by atoms with Crippen LogP contribution in [-0.4, -0.2) is 0 Å². The highest BCUT2D eigenvalue weighted by Crippen LogP contribution is 2.54. The molecular formula is C43H31NS. The summed E-state index contributed by atoms with van der Waals surface area (Å²) in [6, 6.07) is 55.9. The van der Waals surface area contributed by atoms with E-state index in [0.29, 0.717) is 0 Å². The zero-order valence-corrected chi connectivity index (χ0v) is 26.1. The van der Waals surface area contributed by atoms with Gasteiger partial charge in [-0.25, -0.2) is 0 Å². The standard InChI is InChI=1S/C43H31NS/c1-43(2)37-18-8-6-17-35(37)42-38(43)19-11-20-39(42)44(32-15-10-14-29(24-32)28-12-4-3-5-13-28)33-23-22-30-26-36-34-16-7-9-21-40(34)45-41(36)27-31(30)25-33/h3-27H,1-2H3. The molecule has 45 heavy (non-hydrogen) atoms. The van der Waals surface area contributed by atoms with Gasteiger partial charge in [0.15, 0.2) is 0 Å². The highest BCUT2D eigenvalue weighted by Gasteiger charge is 2.37. The number of hydrogen-bond donors (Lipinski definition) is 0. The summed E-state index contributed by atoms with van der Waals surface area (Å²) in [6.45, 7) is 4.71. The number of fused-ring (bicyclic) bond motifs is 7. The van der Waals surface area contributed by atoms with Crippen LogP contribution >= 0.6 is 11.3 Å². The number of rotatable bonds is 4. The lowest BCUT2D eigenvalue weighted by molar-refractivity contribution is 0.660. The monoisotopic (exact) mass is 593 g/mol. The molecule has 2 heteroatoms. The number of benzene rings is 7. The van der Waals surface area contributed by atoms with Gasteiger partial charge in [0, 0.05) is 42.5 Å². The van der Waals surface area contributed by atoms with Gasteiger partial charge in [-0.3, -0.25) is 0 Å². The van der Waals surface area contributed by atoms with E-state index in [1.807, 2.05) is 11.3 Å². The molecule has 0 amide bonds. The number of anilines is 3. The van der Waals surface area contributed by atoms with Crippen molar-refractivity contribution in [3.05, 3.63) is 163 Å². The molecule has 0 unspecified atom stereocenters. The van der Waals surface area contributed by atoms with E-state index in [-0.39, 0.29) is 5.41 Å². The predicted molar refractivity (Wildman–Crippen MR) is 195 cm³/mol. The third-order valence-corrected chi connectivity index (χ3v) is 10.7. The molecule has 8 aromatic rings. The van der Waals surface area contributed by atoms with E-state index in [4.69, 9.17) is 0 Å². The molecule has 0 radical (unpaired) electrons. The van der Waals surface area contributed by atoms with Crippen molar-refractivity contribution in [3.63, 3.8) is 0 Å². The average Bonchev–Trinajstić information content (AvgIpc) is 3.56. The minimum Gasteiger partial charge on any atom is -0.310 e. The van der Waals surface area contributed by atoms with Crippen LogP contribution in [0.3, 0.4) is 0 Å². The first-order valence-corrected chi connectivity index (χ1v) is 16.4. The van der Waals surface area contributed by atoms with Crippen molar-refractivity contribution >= 4 is 59.3 Å². The quantitative estimate of drug-likeness (QED) is 0.196. The number of nitrogens with zero attached hydrogens (tertiary/aromatic N) is 1. The summed E-state index contributed by atoms with van der Waals surface area (Å²) < 4.78 is 2.67. The molecule has 0 saturated carbocycles. The lowest BCUT2D eigenvalue weighted by Crippen LogP contribution is -2.16. The molecular weight excluding hydrogens is 563 g/mol. The molecule has 0 spiro atoms. The molecule has 214 valence electrons. The summed E-state index contributed by atoms with van der Waals surface area (Å²) in [7, 11) is 0. The summed E-state index contributed by atoms with van der Waals surface area (Å²) in [5, 5.41) is 5.19. The van der Waals surface area contributed by atoms with Gasteiger partial charge in [-0.2, -0.15) is 0 Å². The molecule has 0 bridgehead atoms. The Bertz CT molecular complexity index is 2410. The molecule has 0 saturated heterocycles. The second-order valence-corrected chi connectivity index (χ2v) is 13.7. The van der Waals surface area contributed by atoms with Gasteiger partial charge in [-0.15, -0.1) is 11.3 Å². The lowest BCUT2D eigenvalue weighted by Gasteiger charge is -2.29. The second kappa shape index (κ2) is 9.92. The largest absolute Gasteiger partial charge is 0.310 e. The van der Waals surface area contributed by atoms with E-state index in [0.717, 1.165) is 11.4 Å². The fraction of sp³-hybridized carbons (Fsp3) is 0.0698. The summed E-state index contributed by atoms with van der Waals surface area (Å²) in [5.74, 6) is 0. The van der Waals surface area contributed by atoms with Crippen LogP contribution in [0.1, 0.15) is 25.0 Å². The first-order chi connectivity index (χ1) is 22.1. The smallest absolute Gasteiger partial charge is 0.0543 e. The van der Waals surface area contributed by atoms with Crippen molar-refractivity contribution in [1.82, 2.24) is 0 Å². The maximum absolute atomic E-state index is 2.47. The Morgan fingerprint density at radius 2 is 1.22 bits per heavy atom. The van der Waals surface area contributed by atoms with E-state index in [2.05, 4.69) is 170 Å². The average molecular weight is 594 g/mol. The highest BCUT2D eigenvalue weighted by atomic mass is 32.1. The molecule has 9 rings (SSSR count). The second-order valence-electron chi connectivity index (χ2n) is 12.6. The van der Waals surface area contributed by atoms with Crippen LogP contribution in [0.4, 0.5) is 17.1 Å². The maximum atomic E-state index is 2.47. The van der Waals surface area contributed by atoms with Gasteiger partial charge in [0.1, 0.15) is 0 Å². The Balaban J connectivity index is 1.30. The number of thiophene rings is 1. The zero-order valence-electron chi connectivity index (χ0n) is 25.3. The molecule has 0 N–H and O–H groups in total. The minimum atomic E-state index is -0.0737. The first kappa shape index (κ1) is 26.2. The van der Waals surface area contributed by atoms with Crippen molar-refractivity contribution in [2.75, 3.05) is 4.90 Å². The van der Waals surface area contributed by atoms with Crippen LogP contribution in [0.2, 0.25) is 0 Å². The van der Waals surface area contributed by atoms with Crippen LogP contribution in [-0.2, 0) is 5.41 Å². The molecule has 0 aliphatic heterocycles. The van der Waals surface area contributed by atoms with E-state index >= 15 is 0 Å².